The molecule has 0 bridgehead atoms. The number of rotatable bonds is 2. The van der Waals surface area contributed by atoms with Crippen molar-refractivity contribution in [2.45, 2.75) is 6.92 Å². The summed E-state index contributed by atoms with van der Waals surface area (Å²) < 4.78 is 5.09. The van der Waals surface area contributed by atoms with Crippen LogP contribution in [-0.2, 0) is 0 Å². The molecule has 0 unspecified atom stereocenters. The minimum atomic E-state index is -0.521. The van der Waals surface area contributed by atoms with Crippen LogP contribution in [0.3, 0.4) is 0 Å². The average molecular weight is 202 g/mol. The second kappa shape index (κ2) is 3.57. The van der Waals surface area contributed by atoms with E-state index in [0.29, 0.717) is 17.0 Å². The van der Waals surface area contributed by atoms with Gasteiger partial charge >= 0.3 is 0 Å². The third kappa shape index (κ3) is 1.61. The van der Waals surface area contributed by atoms with Crippen LogP contribution in [0.4, 0.5) is 0 Å². The zero-order valence-electron chi connectivity index (χ0n) is 8.23. The lowest BCUT2D eigenvalue weighted by atomic mass is 10.1. The Morgan fingerprint density at radius 1 is 1.33 bits per heavy atom. The fraction of sp³-hybridized carbons (Fsp3) is 0.0909. The number of carbonyl (C=O) groups is 1. The summed E-state index contributed by atoms with van der Waals surface area (Å²) >= 11 is 0. The summed E-state index contributed by atoms with van der Waals surface area (Å²) in [4.78, 5) is 11.2. The minimum absolute atomic E-state index is 0.348. The number of aromatic nitrogens is 1. The van der Waals surface area contributed by atoms with Gasteiger partial charge in [-0.25, -0.2) is 0 Å². The molecule has 0 spiro atoms. The van der Waals surface area contributed by atoms with Crippen LogP contribution in [0.1, 0.15) is 16.1 Å². The lowest BCUT2D eigenvalue weighted by Gasteiger charge is -1.97. The van der Waals surface area contributed by atoms with Crippen molar-refractivity contribution in [2.75, 3.05) is 0 Å². The van der Waals surface area contributed by atoms with Gasteiger partial charge in [-0.2, -0.15) is 0 Å². The summed E-state index contributed by atoms with van der Waals surface area (Å²) in [5.41, 5.74) is 6.92. The van der Waals surface area contributed by atoms with Crippen molar-refractivity contribution >= 4 is 5.91 Å². The molecule has 76 valence electrons. The van der Waals surface area contributed by atoms with Gasteiger partial charge in [-0.15, -0.1) is 0 Å². The van der Waals surface area contributed by atoms with E-state index in [4.69, 9.17) is 10.3 Å². The Morgan fingerprint density at radius 3 is 2.60 bits per heavy atom. The highest BCUT2D eigenvalue weighted by atomic mass is 16.5. The van der Waals surface area contributed by atoms with Crippen LogP contribution >= 0.6 is 0 Å². The monoisotopic (exact) mass is 202 g/mol. The van der Waals surface area contributed by atoms with E-state index in [1.807, 2.05) is 30.3 Å². The van der Waals surface area contributed by atoms with Gasteiger partial charge in [0.2, 0.25) is 0 Å². The molecule has 4 heteroatoms. The van der Waals surface area contributed by atoms with E-state index in [1.54, 1.807) is 6.92 Å². The van der Waals surface area contributed by atoms with Crippen molar-refractivity contribution in [1.29, 1.82) is 0 Å². The highest BCUT2D eigenvalue weighted by Gasteiger charge is 2.18. The van der Waals surface area contributed by atoms with Crippen LogP contribution in [-0.4, -0.2) is 11.1 Å². The van der Waals surface area contributed by atoms with Gasteiger partial charge in [0.25, 0.3) is 5.91 Å². The first kappa shape index (κ1) is 9.45. The smallest absolute Gasteiger partial charge is 0.254 e. The van der Waals surface area contributed by atoms with E-state index >= 15 is 0 Å². The summed E-state index contributed by atoms with van der Waals surface area (Å²) in [5.74, 6) is -0.0896. The quantitative estimate of drug-likeness (QED) is 0.806. The molecule has 0 radical (unpaired) electrons. The fourth-order valence-corrected chi connectivity index (χ4v) is 1.45. The molecule has 1 amide bonds. The van der Waals surface area contributed by atoms with Crippen LogP contribution in [0.25, 0.3) is 11.3 Å². The number of hydrogen-bond donors (Lipinski definition) is 1. The molecule has 15 heavy (non-hydrogen) atoms. The highest BCUT2D eigenvalue weighted by molar-refractivity contribution is 5.99. The molecule has 1 heterocycles. The summed E-state index contributed by atoms with van der Waals surface area (Å²) in [5, 5.41) is 3.74. The van der Waals surface area contributed by atoms with Crippen LogP contribution in [0.15, 0.2) is 34.9 Å². The van der Waals surface area contributed by atoms with Gasteiger partial charge in [-0.1, -0.05) is 35.5 Å². The van der Waals surface area contributed by atoms with Gasteiger partial charge in [0, 0.05) is 5.56 Å². The minimum Gasteiger partial charge on any atom is -0.365 e. The molecule has 0 aliphatic rings. The second-order valence-electron chi connectivity index (χ2n) is 3.20. The zero-order chi connectivity index (χ0) is 10.8. The van der Waals surface area contributed by atoms with Crippen molar-refractivity contribution in [1.82, 2.24) is 5.16 Å². The molecular formula is C11H10N2O2. The van der Waals surface area contributed by atoms with Crippen molar-refractivity contribution in [3.8, 4) is 11.3 Å². The van der Waals surface area contributed by atoms with E-state index in [-0.39, 0.29) is 0 Å². The average Bonchev–Trinajstić information content (AvgIpc) is 2.61. The first-order valence-electron chi connectivity index (χ1n) is 4.51. The Balaban J connectivity index is 2.59. The van der Waals surface area contributed by atoms with Crippen LogP contribution in [0.5, 0.6) is 0 Å². The largest absolute Gasteiger partial charge is 0.365 e. The third-order valence-corrected chi connectivity index (χ3v) is 2.15. The Hall–Kier alpha value is -2.10. The van der Waals surface area contributed by atoms with E-state index in [2.05, 4.69) is 5.16 Å². The van der Waals surface area contributed by atoms with Crippen molar-refractivity contribution in [2.24, 2.45) is 5.73 Å². The van der Waals surface area contributed by atoms with Crippen molar-refractivity contribution in [3.63, 3.8) is 0 Å². The van der Waals surface area contributed by atoms with E-state index < -0.39 is 5.91 Å². The normalized spacial score (nSPS) is 10.2. The van der Waals surface area contributed by atoms with Crippen molar-refractivity contribution in [3.05, 3.63) is 41.6 Å². The van der Waals surface area contributed by atoms with Gasteiger partial charge in [0.1, 0.15) is 5.56 Å². The van der Waals surface area contributed by atoms with Crippen LogP contribution in [0.2, 0.25) is 0 Å². The summed E-state index contributed by atoms with van der Waals surface area (Å²) in [6, 6.07) is 9.28. The van der Waals surface area contributed by atoms with Gasteiger partial charge in [-0.05, 0) is 6.92 Å². The van der Waals surface area contributed by atoms with E-state index in [9.17, 15) is 4.79 Å². The summed E-state index contributed by atoms with van der Waals surface area (Å²) in [7, 11) is 0. The molecule has 2 N–H and O–H groups in total. The number of benzene rings is 1. The van der Waals surface area contributed by atoms with Crippen molar-refractivity contribution < 1.29 is 9.32 Å². The predicted octanol–water partition coefficient (Wildman–Crippen LogP) is 1.75. The molecule has 0 aliphatic carbocycles. The molecule has 4 nitrogen and oxygen atoms in total. The number of nitrogens with two attached hydrogens (primary N) is 1. The summed E-state index contributed by atoms with van der Waals surface area (Å²) in [6.07, 6.45) is 0. The van der Waals surface area contributed by atoms with E-state index in [0.717, 1.165) is 5.56 Å². The third-order valence-electron chi connectivity index (χ3n) is 2.15. The number of hydrogen-bond acceptors (Lipinski definition) is 3. The van der Waals surface area contributed by atoms with Crippen LogP contribution < -0.4 is 5.73 Å². The predicted molar refractivity (Wildman–Crippen MR) is 55.2 cm³/mol. The van der Waals surface area contributed by atoms with Gasteiger partial charge < -0.3 is 10.3 Å². The fourth-order valence-electron chi connectivity index (χ4n) is 1.45. The molecular weight excluding hydrogens is 192 g/mol. The number of amides is 1. The molecule has 0 aliphatic heterocycles. The Morgan fingerprint density at radius 2 is 2.00 bits per heavy atom. The SMILES string of the molecule is Cc1noc(-c2ccccc2)c1C(N)=O. The Kier molecular flexibility index (Phi) is 2.25. The number of primary amides is 1. The zero-order valence-corrected chi connectivity index (χ0v) is 8.23. The lowest BCUT2D eigenvalue weighted by molar-refractivity contribution is 0.1000. The molecule has 0 fully saturated rings. The number of carbonyl (C=O) groups excluding carboxylic acids is 1. The molecule has 2 aromatic rings. The van der Waals surface area contributed by atoms with Gasteiger partial charge in [0.15, 0.2) is 5.76 Å². The molecule has 1 aromatic heterocycles. The standard InChI is InChI=1S/C11H10N2O2/c1-7-9(11(12)14)10(15-13-7)8-5-3-2-4-6-8/h2-6H,1H3,(H2,12,14). The topological polar surface area (TPSA) is 69.1 Å². The second-order valence-corrected chi connectivity index (χ2v) is 3.20. The first-order valence-corrected chi connectivity index (χ1v) is 4.51. The Labute approximate surface area is 86.7 Å². The number of aryl methyl sites for hydroxylation is 1. The molecule has 0 atom stereocenters. The summed E-state index contributed by atoms with van der Waals surface area (Å²) in [6.45, 7) is 1.69. The van der Waals surface area contributed by atoms with Crippen LogP contribution in [0, 0.1) is 6.92 Å². The van der Waals surface area contributed by atoms with Gasteiger partial charge in [-0.3, -0.25) is 4.79 Å². The Bertz CT molecular complexity index is 489. The highest BCUT2D eigenvalue weighted by Crippen LogP contribution is 2.25. The first-order chi connectivity index (χ1) is 7.20. The lowest BCUT2D eigenvalue weighted by Crippen LogP contribution is -2.12. The molecule has 1 aromatic carbocycles. The molecule has 0 saturated carbocycles. The van der Waals surface area contributed by atoms with E-state index in [1.165, 1.54) is 0 Å². The molecule has 2 rings (SSSR count). The maximum atomic E-state index is 11.2. The van der Waals surface area contributed by atoms with Gasteiger partial charge in [0.05, 0.1) is 5.69 Å². The maximum absolute atomic E-state index is 11.2. The maximum Gasteiger partial charge on any atom is 0.254 e. The molecule has 0 saturated heterocycles. The number of nitrogens with zero attached hydrogens (tertiary/aromatic N) is 1.